The molecule has 0 saturated carbocycles. The first-order chi connectivity index (χ1) is 15.9. The fourth-order valence-electron chi connectivity index (χ4n) is 3.69. The summed E-state index contributed by atoms with van der Waals surface area (Å²) in [7, 11) is 0. The van der Waals surface area contributed by atoms with Crippen molar-refractivity contribution in [3.8, 4) is 0 Å². The molecule has 0 spiro atoms. The molecule has 0 atom stereocenters. The first kappa shape index (κ1) is 24.8. The number of hydrogen-bond acceptors (Lipinski definition) is 3. The van der Waals surface area contributed by atoms with Crippen molar-refractivity contribution < 1.29 is 0 Å². The van der Waals surface area contributed by atoms with Crippen LogP contribution >= 0.6 is 34.5 Å². The second kappa shape index (κ2) is 9.37. The van der Waals surface area contributed by atoms with Crippen LogP contribution in [-0.4, -0.2) is 5.71 Å². The van der Waals surface area contributed by atoms with Crippen LogP contribution in [0.4, 0.5) is 5.69 Å². The Morgan fingerprint density at radius 3 is 1.94 bits per heavy atom. The van der Waals surface area contributed by atoms with E-state index in [1.165, 1.54) is 11.1 Å². The number of fused-ring (bicyclic) bond motifs is 1. The number of anilines is 1. The fourth-order valence-corrected chi connectivity index (χ4v) is 5.35. The zero-order valence-corrected chi connectivity index (χ0v) is 22.8. The maximum absolute atomic E-state index is 6.95. The molecular weight excluding hydrogens is 479 g/mol. The summed E-state index contributed by atoms with van der Waals surface area (Å²) in [5.41, 5.74) is 8.51. The lowest BCUT2D eigenvalue weighted by molar-refractivity contribution is 0.568. The van der Waals surface area contributed by atoms with Gasteiger partial charge in [0, 0.05) is 20.7 Å². The van der Waals surface area contributed by atoms with Gasteiger partial charge in [-0.05, 0) is 64.4 Å². The van der Waals surface area contributed by atoms with Crippen molar-refractivity contribution in [2.75, 3.05) is 5.43 Å². The van der Waals surface area contributed by atoms with Gasteiger partial charge in [-0.25, -0.2) is 0 Å². The molecule has 0 amide bonds. The molecule has 0 bridgehead atoms. The number of hydrazone groups is 1. The van der Waals surface area contributed by atoms with E-state index in [9.17, 15) is 0 Å². The molecule has 3 aromatic carbocycles. The molecule has 0 aliphatic carbocycles. The highest BCUT2D eigenvalue weighted by molar-refractivity contribution is 7.21. The predicted molar refractivity (Wildman–Crippen MR) is 151 cm³/mol. The third-order valence-corrected chi connectivity index (χ3v) is 7.76. The van der Waals surface area contributed by atoms with Gasteiger partial charge in [0.15, 0.2) is 0 Å². The molecule has 0 unspecified atom stereocenters. The molecule has 0 saturated heterocycles. The number of nitrogens with zero attached hydrogens (tertiary/aromatic N) is 1. The lowest BCUT2D eigenvalue weighted by atomic mass is 9.79. The summed E-state index contributed by atoms with van der Waals surface area (Å²) in [6, 6.07) is 22.6. The smallest absolute Gasteiger partial charge is 0.109 e. The van der Waals surface area contributed by atoms with Gasteiger partial charge in [0.05, 0.1) is 15.6 Å². The summed E-state index contributed by atoms with van der Waals surface area (Å²) in [6.45, 7) is 13.5. The van der Waals surface area contributed by atoms with E-state index in [1.807, 2.05) is 36.4 Å². The highest BCUT2D eigenvalue weighted by Crippen LogP contribution is 2.38. The Morgan fingerprint density at radius 2 is 1.38 bits per heavy atom. The molecule has 34 heavy (non-hydrogen) atoms. The van der Waals surface area contributed by atoms with Gasteiger partial charge < -0.3 is 0 Å². The first-order valence-corrected chi connectivity index (χ1v) is 12.9. The van der Waals surface area contributed by atoms with Crippen molar-refractivity contribution in [2.45, 2.75) is 52.4 Å². The maximum Gasteiger partial charge on any atom is 0.109 e. The van der Waals surface area contributed by atoms with Crippen molar-refractivity contribution in [1.29, 1.82) is 0 Å². The molecule has 4 aromatic rings. The SMILES string of the molecule is CC(C)(C)c1cc(/C(=N/Nc2ccc(Cl)cc2)c2sc3ccccc3c2Cl)cc(C(C)(C)C)c1. The van der Waals surface area contributed by atoms with Gasteiger partial charge in [0.25, 0.3) is 0 Å². The number of benzene rings is 3. The first-order valence-electron chi connectivity index (χ1n) is 11.4. The minimum absolute atomic E-state index is 0.00527. The van der Waals surface area contributed by atoms with E-state index < -0.39 is 0 Å². The van der Waals surface area contributed by atoms with E-state index in [1.54, 1.807) is 11.3 Å². The molecule has 5 heteroatoms. The zero-order valence-electron chi connectivity index (χ0n) is 20.5. The van der Waals surface area contributed by atoms with E-state index in [2.05, 4.69) is 77.3 Å². The van der Waals surface area contributed by atoms with Crippen LogP contribution in [0.5, 0.6) is 0 Å². The van der Waals surface area contributed by atoms with Gasteiger partial charge in [-0.1, -0.05) is 89.0 Å². The second-order valence-corrected chi connectivity index (χ2v) is 12.5. The van der Waals surface area contributed by atoms with Gasteiger partial charge in [0.1, 0.15) is 5.71 Å². The van der Waals surface area contributed by atoms with Crippen LogP contribution < -0.4 is 5.43 Å². The third kappa shape index (κ3) is 5.33. The van der Waals surface area contributed by atoms with Crippen molar-refractivity contribution in [3.63, 3.8) is 0 Å². The van der Waals surface area contributed by atoms with Crippen molar-refractivity contribution in [3.05, 3.63) is 98.3 Å². The molecular formula is C29H30Cl2N2S. The molecule has 0 fully saturated rings. The van der Waals surface area contributed by atoms with Crippen LogP contribution in [0.3, 0.4) is 0 Å². The molecule has 4 rings (SSSR count). The lowest BCUT2D eigenvalue weighted by Gasteiger charge is -2.26. The van der Waals surface area contributed by atoms with Crippen LogP contribution in [0.15, 0.2) is 71.8 Å². The number of thiophene rings is 1. The van der Waals surface area contributed by atoms with Crippen molar-refractivity contribution >= 4 is 56.0 Å². The van der Waals surface area contributed by atoms with E-state index in [4.69, 9.17) is 28.3 Å². The Balaban J connectivity index is 1.94. The highest BCUT2D eigenvalue weighted by Gasteiger charge is 2.24. The zero-order chi connectivity index (χ0) is 24.7. The Hall–Kier alpha value is -2.33. The molecule has 0 radical (unpaired) electrons. The van der Waals surface area contributed by atoms with Gasteiger partial charge in [0.2, 0.25) is 0 Å². The number of hydrogen-bond donors (Lipinski definition) is 1. The highest BCUT2D eigenvalue weighted by atomic mass is 35.5. The summed E-state index contributed by atoms with van der Waals surface area (Å²) < 4.78 is 1.14. The molecule has 1 aromatic heterocycles. The second-order valence-electron chi connectivity index (χ2n) is 10.6. The van der Waals surface area contributed by atoms with Crippen LogP contribution in [0.1, 0.15) is 63.1 Å². The topological polar surface area (TPSA) is 24.4 Å². The Morgan fingerprint density at radius 1 is 0.794 bits per heavy atom. The quantitative estimate of drug-likeness (QED) is 0.215. The molecule has 0 aliphatic rings. The van der Waals surface area contributed by atoms with Gasteiger partial charge in [-0.15, -0.1) is 11.3 Å². The number of nitrogens with one attached hydrogen (secondary N) is 1. The third-order valence-electron chi connectivity index (χ3n) is 5.83. The molecule has 2 nitrogen and oxygen atoms in total. The van der Waals surface area contributed by atoms with Crippen LogP contribution in [0, 0.1) is 0 Å². The summed E-state index contributed by atoms with van der Waals surface area (Å²) in [4.78, 5) is 0.954. The van der Waals surface area contributed by atoms with E-state index in [-0.39, 0.29) is 10.8 Å². The van der Waals surface area contributed by atoms with E-state index in [0.717, 1.165) is 36.9 Å². The Kier molecular flexibility index (Phi) is 6.83. The molecule has 1 N–H and O–H groups in total. The molecule has 1 heterocycles. The summed E-state index contributed by atoms with van der Waals surface area (Å²) >= 11 is 14.7. The summed E-state index contributed by atoms with van der Waals surface area (Å²) in [5, 5.41) is 7.39. The van der Waals surface area contributed by atoms with Crippen molar-refractivity contribution in [1.82, 2.24) is 0 Å². The Labute approximate surface area is 216 Å². The molecule has 0 aliphatic heterocycles. The Bertz CT molecular complexity index is 1320. The monoisotopic (exact) mass is 508 g/mol. The largest absolute Gasteiger partial charge is 0.278 e. The van der Waals surface area contributed by atoms with Gasteiger partial charge in [-0.3, -0.25) is 5.43 Å². The fraction of sp³-hybridized carbons (Fsp3) is 0.276. The number of rotatable bonds is 4. The van der Waals surface area contributed by atoms with Crippen molar-refractivity contribution in [2.24, 2.45) is 5.10 Å². The summed E-state index contributed by atoms with van der Waals surface area (Å²) in [5.74, 6) is 0. The lowest BCUT2D eigenvalue weighted by Crippen LogP contribution is -2.18. The van der Waals surface area contributed by atoms with Gasteiger partial charge in [-0.2, -0.15) is 5.10 Å². The standard InChI is InChI=1S/C29H30Cl2N2S/c1-28(2,3)19-15-18(16-20(17-19)29(4,5)6)26(33-32-22-13-11-21(30)12-14-22)27-25(31)23-9-7-8-10-24(23)34-27/h7-17,32H,1-6H3/b33-26-. The van der Waals surface area contributed by atoms with Crippen LogP contribution in [0.25, 0.3) is 10.1 Å². The average molecular weight is 510 g/mol. The maximum atomic E-state index is 6.95. The minimum atomic E-state index is -0.00527. The van der Waals surface area contributed by atoms with Crippen LogP contribution in [0.2, 0.25) is 10.0 Å². The summed E-state index contributed by atoms with van der Waals surface area (Å²) in [6.07, 6.45) is 0. The van der Waals surface area contributed by atoms with Gasteiger partial charge >= 0.3 is 0 Å². The normalized spacial score (nSPS) is 12.9. The average Bonchev–Trinajstić information content (AvgIpc) is 3.10. The van der Waals surface area contributed by atoms with E-state index in [0.29, 0.717) is 5.02 Å². The molecule has 176 valence electrons. The van der Waals surface area contributed by atoms with Crippen LogP contribution in [-0.2, 0) is 10.8 Å². The number of halogens is 2. The predicted octanol–water partition coefficient (Wildman–Crippen LogP) is 9.67. The minimum Gasteiger partial charge on any atom is -0.278 e. The van der Waals surface area contributed by atoms with E-state index >= 15 is 0 Å².